The van der Waals surface area contributed by atoms with Gasteiger partial charge in [0.15, 0.2) is 0 Å². The molecule has 0 bridgehead atoms. The molecule has 4 rings (SSSR count). The Kier molecular flexibility index (Phi) is 4.91. The first-order chi connectivity index (χ1) is 12.6. The molecule has 0 aromatic heterocycles. The fourth-order valence-corrected chi connectivity index (χ4v) is 5.07. The number of anilines is 1. The third-order valence-corrected chi connectivity index (χ3v) is 6.52. The first kappa shape index (κ1) is 17.4. The zero-order chi connectivity index (χ0) is 18.1. The summed E-state index contributed by atoms with van der Waals surface area (Å²) in [6.07, 6.45) is 3.08. The van der Waals surface area contributed by atoms with E-state index in [0.717, 1.165) is 19.4 Å². The van der Waals surface area contributed by atoms with E-state index in [1.54, 1.807) is 0 Å². The van der Waals surface area contributed by atoms with Crippen LogP contribution in [0.25, 0.3) is 0 Å². The Morgan fingerprint density at radius 3 is 3.12 bits per heavy atom. The van der Waals surface area contributed by atoms with Crippen LogP contribution in [0.15, 0.2) is 35.7 Å². The van der Waals surface area contributed by atoms with Gasteiger partial charge in [0.1, 0.15) is 5.92 Å². The Morgan fingerprint density at radius 2 is 2.23 bits per heavy atom. The van der Waals surface area contributed by atoms with Gasteiger partial charge < -0.3 is 20.6 Å². The third-order valence-electron chi connectivity index (χ3n) is 5.31. The fourth-order valence-electron chi connectivity index (χ4n) is 3.98. The summed E-state index contributed by atoms with van der Waals surface area (Å²) in [5.74, 6) is -1.84. The van der Waals surface area contributed by atoms with Crippen LogP contribution in [0.5, 0.6) is 0 Å². The van der Waals surface area contributed by atoms with Crippen LogP contribution >= 0.6 is 11.8 Å². The van der Waals surface area contributed by atoms with E-state index in [1.807, 2.05) is 17.6 Å². The Labute approximate surface area is 157 Å². The molecule has 26 heavy (non-hydrogen) atoms. The average molecular weight is 373 g/mol. The highest BCUT2D eigenvalue weighted by molar-refractivity contribution is 8.03. The van der Waals surface area contributed by atoms with Gasteiger partial charge in [-0.25, -0.2) is 0 Å². The SMILES string of the molecule is O=C(NCCN1CCCc2ccccc21)C1C(=O)NC2C=CSC2C1O. The zero-order valence-corrected chi connectivity index (χ0v) is 15.2. The number of carbonyl (C=O) groups excluding carboxylic acids is 2. The predicted molar refractivity (Wildman–Crippen MR) is 102 cm³/mol. The maximum absolute atomic E-state index is 12.5. The Morgan fingerprint density at radius 1 is 1.38 bits per heavy atom. The van der Waals surface area contributed by atoms with Crippen LogP contribution in [-0.2, 0) is 16.0 Å². The second-order valence-electron chi connectivity index (χ2n) is 6.94. The number of benzene rings is 1. The van der Waals surface area contributed by atoms with Gasteiger partial charge in [-0.2, -0.15) is 0 Å². The topological polar surface area (TPSA) is 81.7 Å². The molecule has 0 saturated carbocycles. The number of fused-ring (bicyclic) bond motifs is 2. The fraction of sp³-hybridized carbons (Fsp3) is 0.474. The largest absolute Gasteiger partial charge is 0.390 e. The lowest BCUT2D eigenvalue weighted by atomic mass is 9.89. The van der Waals surface area contributed by atoms with E-state index in [0.29, 0.717) is 13.1 Å². The number of para-hydroxylation sites is 1. The average Bonchev–Trinajstić information content (AvgIpc) is 3.10. The second-order valence-corrected chi connectivity index (χ2v) is 8.03. The summed E-state index contributed by atoms with van der Waals surface area (Å²) in [5, 5.41) is 17.8. The van der Waals surface area contributed by atoms with Crippen LogP contribution in [0.1, 0.15) is 12.0 Å². The smallest absolute Gasteiger partial charge is 0.235 e. The first-order valence-electron chi connectivity index (χ1n) is 9.06. The molecule has 1 aromatic carbocycles. The Balaban J connectivity index is 1.34. The van der Waals surface area contributed by atoms with Crippen molar-refractivity contribution < 1.29 is 14.7 Å². The lowest BCUT2D eigenvalue weighted by Gasteiger charge is -2.35. The summed E-state index contributed by atoms with van der Waals surface area (Å²) in [4.78, 5) is 27.0. The summed E-state index contributed by atoms with van der Waals surface area (Å²) in [6, 6.07) is 8.15. The molecule has 138 valence electrons. The number of hydrogen-bond acceptors (Lipinski definition) is 5. The minimum absolute atomic E-state index is 0.183. The summed E-state index contributed by atoms with van der Waals surface area (Å²) >= 11 is 1.46. The number of nitrogens with one attached hydrogen (secondary N) is 2. The van der Waals surface area contributed by atoms with E-state index in [-0.39, 0.29) is 11.3 Å². The van der Waals surface area contributed by atoms with E-state index in [2.05, 4.69) is 33.7 Å². The molecule has 1 aromatic rings. The molecular formula is C19H23N3O3S. The van der Waals surface area contributed by atoms with Crippen LogP contribution in [0.3, 0.4) is 0 Å². The van der Waals surface area contributed by atoms with Gasteiger partial charge >= 0.3 is 0 Å². The molecule has 3 N–H and O–H groups in total. The zero-order valence-electron chi connectivity index (χ0n) is 14.4. The van der Waals surface area contributed by atoms with Gasteiger partial charge in [-0.1, -0.05) is 24.3 Å². The molecule has 6 nitrogen and oxygen atoms in total. The van der Waals surface area contributed by atoms with Crippen molar-refractivity contribution in [3.8, 4) is 0 Å². The van der Waals surface area contributed by atoms with Crippen LogP contribution in [0.2, 0.25) is 0 Å². The number of thioether (sulfide) groups is 1. The van der Waals surface area contributed by atoms with Gasteiger partial charge in [0.2, 0.25) is 11.8 Å². The number of aryl methyl sites for hydroxylation is 1. The number of rotatable bonds is 4. The Bertz CT molecular complexity index is 738. The molecule has 3 aliphatic rings. The molecule has 7 heteroatoms. The molecule has 0 radical (unpaired) electrons. The van der Waals surface area contributed by atoms with Crippen molar-refractivity contribution >= 4 is 29.3 Å². The quantitative estimate of drug-likeness (QED) is 0.676. The summed E-state index contributed by atoms with van der Waals surface area (Å²) in [7, 11) is 0. The van der Waals surface area contributed by atoms with Crippen molar-refractivity contribution in [1.82, 2.24) is 10.6 Å². The molecule has 4 atom stereocenters. The van der Waals surface area contributed by atoms with Gasteiger partial charge in [0.25, 0.3) is 0 Å². The van der Waals surface area contributed by atoms with Crippen LogP contribution < -0.4 is 15.5 Å². The van der Waals surface area contributed by atoms with E-state index >= 15 is 0 Å². The third kappa shape index (κ3) is 3.21. The molecule has 1 saturated heterocycles. The van der Waals surface area contributed by atoms with Gasteiger partial charge in [0.05, 0.1) is 17.4 Å². The highest BCUT2D eigenvalue weighted by Gasteiger charge is 2.47. The molecule has 1 fully saturated rings. The van der Waals surface area contributed by atoms with E-state index in [4.69, 9.17) is 0 Å². The number of aliphatic hydroxyl groups is 1. The first-order valence-corrected chi connectivity index (χ1v) is 10.0. The highest BCUT2D eigenvalue weighted by atomic mass is 32.2. The molecule has 3 heterocycles. The van der Waals surface area contributed by atoms with Crippen molar-refractivity contribution in [3.63, 3.8) is 0 Å². The van der Waals surface area contributed by atoms with Crippen molar-refractivity contribution in [2.45, 2.75) is 30.2 Å². The van der Waals surface area contributed by atoms with Crippen LogP contribution in [-0.4, -0.2) is 54.0 Å². The van der Waals surface area contributed by atoms with Gasteiger partial charge in [-0.15, -0.1) is 11.8 Å². The van der Waals surface area contributed by atoms with Crippen LogP contribution in [0, 0.1) is 5.92 Å². The summed E-state index contributed by atoms with van der Waals surface area (Å²) in [6.45, 7) is 2.10. The maximum atomic E-state index is 12.5. The van der Waals surface area contributed by atoms with Crippen LogP contribution in [0.4, 0.5) is 5.69 Å². The number of piperidine rings is 1. The molecule has 4 unspecified atom stereocenters. The maximum Gasteiger partial charge on any atom is 0.235 e. The molecule has 0 aliphatic carbocycles. The van der Waals surface area contributed by atoms with E-state index in [9.17, 15) is 14.7 Å². The van der Waals surface area contributed by atoms with Crippen molar-refractivity contribution in [3.05, 3.63) is 41.3 Å². The van der Waals surface area contributed by atoms with Gasteiger partial charge in [-0.3, -0.25) is 9.59 Å². The molecular weight excluding hydrogens is 350 g/mol. The predicted octanol–water partition coefficient (Wildman–Crippen LogP) is 0.660. The summed E-state index contributed by atoms with van der Waals surface area (Å²) in [5.41, 5.74) is 2.56. The molecule has 0 spiro atoms. The highest BCUT2D eigenvalue weighted by Crippen LogP contribution is 2.33. The monoisotopic (exact) mass is 373 g/mol. The van der Waals surface area contributed by atoms with Gasteiger partial charge in [0, 0.05) is 25.3 Å². The standard InChI is InChI=1S/C19H23N3O3S/c23-16-15(19(25)21-13-7-11-26-17(13)16)18(24)20-8-10-22-9-3-5-12-4-1-2-6-14(12)22/h1-2,4,6-7,11,13,15-17,23H,3,5,8-10H2,(H,20,24)(H,21,25). The lowest BCUT2D eigenvalue weighted by Crippen LogP contribution is -2.61. The number of carbonyl (C=O) groups is 2. The number of aliphatic hydroxyl groups excluding tert-OH is 1. The van der Waals surface area contributed by atoms with Crippen molar-refractivity contribution in [2.75, 3.05) is 24.5 Å². The van der Waals surface area contributed by atoms with Gasteiger partial charge in [-0.05, 0) is 29.9 Å². The van der Waals surface area contributed by atoms with Crippen molar-refractivity contribution in [1.29, 1.82) is 0 Å². The number of hydrogen-bond donors (Lipinski definition) is 3. The van der Waals surface area contributed by atoms with Crippen molar-refractivity contribution in [2.24, 2.45) is 5.92 Å². The lowest BCUT2D eigenvalue weighted by molar-refractivity contribution is -0.142. The molecule has 3 aliphatic heterocycles. The van der Waals surface area contributed by atoms with E-state index in [1.165, 1.54) is 23.0 Å². The minimum atomic E-state index is -1.04. The Hall–Kier alpha value is -1.99. The number of nitrogens with zero attached hydrogens (tertiary/aromatic N) is 1. The number of amides is 2. The normalized spacial score (nSPS) is 29.7. The minimum Gasteiger partial charge on any atom is -0.390 e. The second kappa shape index (κ2) is 7.32. The van der Waals surface area contributed by atoms with E-state index < -0.39 is 23.8 Å². The molecule has 2 amide bonds. The summed E-state index contributed by atoms with van der Waals surface area (Å²) < 4.78 is 0.